The van der Waals surface area contributed by atoms with Crippen molar-refractivity contribution in [3.8, 4) is 0 Å². The maximum atomic E-state index is 11.3. The van der Waals surface area contributed by atoms with Crippen LogP contribution in [-0.4, -0.2) is 54.4 Å². The number of hydrogen-bond acceptors (Lipinski definition) is 5. The highest BCUT2D eigenvalue weighted by Gasteiger charge is 2.30. The highest BCUT2D eigenvalue weighted by Crippen LogP contribution is 2.20. The Balaban J connectivity index is 2.23. The van der Waals surface area contributed by atoms with E-state index in [2.05, 4.69) is 10.3 Å². The Morgan fingerprint density at radius 3 is 2.94 bits per heavy atom. The zero-order chi connectivity index (χ0) is 12.8. The van der Waals surface area contributed by atoms with Crippen LogP contribution >= 0.6 is 0 Å². The van der Waals surface area contributed by atoms with Crippen molar-refractivity contribution in [1.29, 1.82) is 0 Å². The molecule has 0 aromatic heterocycles. The molecule has 0 aromatic carbocycles. The molecule has 1 aliphatic heterocycles. The Labute approximate surface area is 102 Å². The van der Waals surface area contributed by atoms with Crippen molar-refractivity contribution >= 4 is 5.91 Å². The number of ether oxygens (including phenoxy) is 1. The van der Waals surface area contributed by atoms with Gasteiger partial charge in [0.1, 0.15) is 6.10 Å². The molecule has 17 heavy (non-hydrogen) atoms. The van der Waals surface area contributed by atoms with Crippen LogP contribution in [0.5, 0.6) is 0 Å². The summed E-state index contributed by atoms with van der Waals surface area (Å²) >= 11 is 0. The Bertz CT molecular complexity index is 248. The Morgan fingerprint density at radius 1 is 1.65 bits per heavy atom. The van der Waals surface area contributed by atoms with E-state index in [-0.39, 0.29) is 18.1 Å². The van der Waals surface area contributed by atoms with Gasteiger partial charge in [-0.05, 0) is 33.2 Å². The molecule has 3 atom stereocenters. The van der Waals surface area contributed by atoms with Crippen LogP contribution in [0, 0.1) is 0 Å². The molecule has 1 saturated heterocycles. The van der Waals surface area contributed by atoms with Crippen molar-refractivity contribution in [3.05, 3.63) is 0 Å². The van der Waals surface area contributed by atoms with E-state index in [1.807, 2.05) is 7.05 Å². The first-order valence-electron chi connectivity index (χ1n) is 6.05. The number of nitrogens with zero attached hydrogens (tertiary/aromatic N) is 1. The average Bonchev–Trinajstić information content (AvgIpc) is 2.73. The van der Waals surface area contributed by atoms with Crippen LogP contribution < -0.4 is 11.3 Å². The van der Waals surface area contributed by atoms with E-state index in [9.17, 15) is 9.90 Å². The normalized spacial score (nSPS) is 26.2. The number of nitrogens with two attached hydrogens (primary N) is 1. The molecule has 1 heterocycles. The average molecular weight is 245 g/mol. The Hall–Kier alpha value is -0.690. The highest BCUT2D eigenvalue weighted by atomic mass is 16.5. The van der Waals surface area contributed by atoms with Gasteiger partial charge in [0, 0.05) is 13.1 Å². The van der Waals surface area contributed by atoms with Gasteiger partial charge in [-0.25, -0.2) is 5.84 Å². The number of hydrogen-bond donors (Lipinski definition) is 3. The molecule has 0 aromatic rings. The van der Waals surface area contributed by atoms with Gasteiger partial charge in [-0.15, -0.1) is 0 Å². The second-order valence-corrected chi connectivity index (χ2v) is 4.73. The molecule has 0 saturated carbocycles. The molecule has 1 aliphatic rings. The summed E-state index contributed by atoms with van der Waals surface area (Å²) in [4.78, 5) is 13.4. The summed E-state index contributed by atoms with van der Waals surface area (Å²) < 4.78 is 5.60. The second-order valence-electron chi connectivity index (χ2n) is 4.73. The molecular formula is C11H23N3O3. The molecule has 0 radical (unpaired) electrons. The first-order valence-corrected chi connectivity index (χ1v) is 6.05. The SMILES string of the molecule is CC(O)CCN(C)CC1CCC(C(=O)NN)O1. The van der Waals surface area contributed by atoms with E-state index >= 15 is 0 Å². The maximum Gasteiger partial charge on any atom is 0.263 e. The van der Waals surface area contributed by atoms with Gasteiger partial charge < -0.3 is 14.7 Å². The zero-order valence-corrected chi connectivity index (χ0v) is 10.6. The van der Waals surface area contributed by atoms with Crippen LogP contribution in [0.4, 0.5) is 0 Å². The number of carbonyl (C=O) groups excluding carboxylic acids is 1. The summed E-state index contributed by atoms with van der Waals surface area (Å²) in [5.41, 5.74) is 2.11. The third-order valence-electron chi connectivity index (χ3n) is 2.99. The van der Waals surface area contributed by atoms with E-state index < -0.39 is 6.10 Å². The summed E-state index contributed by atoms with van der Waals surface area (Å²) in [5.74, 6) is 4.81. The molecule has 1 fully saturated rings. The van der Waals surface area contributed by atoms with E-state index in [0.717, 1.165) is 32.4 Å². The van der Waals surface area contributed by atoms with Gasteiger partial charge in [0.15, 0.2) is 0 Å². The number of rotatable bonds is 6. The van der Waals surface area contributed by atoms with Crippen LogP contribution in [0.3, 0.4) is 0 Å². The van der Waals surface area contributed by atoms with Gasteiger partial charge in [0.05, 0.1) is 12.2 Å². The van der Waals surface area contributed by atoms with E-state index in [1.54, 1.807) is 6.92 Å². The highest BCUT2D eigenvalue weighted by molar-refractivity contribution is 5.80. The minimum atomic E-state index is -0.407. The molecule has 6 nitrogen and oxygen atoms in total. The smallest absolute Gasteiger partial charge is 0.263 e. The summed E-state index contributed by atoms with van der Waals surface area (Å²) in [6, 6.07) is 0. The quantitative estimate of drug-likeness (QED) is 0.325. The first-order chi connectivity index (χ1) is 8.02. The lowest BCUT2D eigenvalue weighted by molar-refractivity contribution is -0.132. The van der Waals surface area contributed by atoms with Gasteiger partial charge in [0.2, 0.25) is 0 Å². The van der Waals surface area contributed by atoms with Crippen molar-refractivity contribution in [1.82, 2.24) is 10.3 Å². The zero-order valence-electron chi connectivity index (χ0n) is 10.6. The molecule has 1 rings (SSSR count). The fraction of sp³-hybridized carbons (Fsp3) is 0.909. The predicted molar refractivity (Wildman–Crippen MR) is 64.0 cm³/mol. The fourth-order valence-electron chi connectivity index (χ4n) is 1.97. The number of aliphatic hydroxyl groups is 1. The lowest BCUT2D eigenvalue weighted by Crippen LogP contribution is -2.40. The van der Waals surface area contributed by atoms with Crippen LogP contribution in [0.15, 0.2) is 0 Å². The number of aliphatic hydroxyl groups excluding tert-OH is 1. The standard InChI is InChI=1S/C11H23N3O3/c1-8(15)5-6-14(2)7-9-3-4-10(17-9)11(16)13-12/h8-10,15H,3-7,12H2,1-2H3,(H,13,16). The minimum absolute atomic E-state index is 0.0799. The molecule has 3 unspecified atom stereocenters. The number of likely N-dealkylation sites (N-methyl/N-ethyl adjacent to an activating group) is 1. The van der Waals surface area contributed by atoms with Crippen LogP contribution in [0.25, 0.3) is 0 Å². The van der Waals surface area contributed by atoms with Gasteiger partial charge >= 0.3 is 0 Å². The number of carbonyl (C=O) groups is 1. The first kappa shape index (κ1) is 14.4. The van der Waals surface area contributed by atoms with Crippen molar-refractivity contribution < 1.29 is 14.6 Å². The largest absolute Gasteiger partial charge is 0.393 e. The lowest BCUT2D eigenvalue weighted by atomic mass is 10.2. The summed E-state index contributed by atoms with van der Waals surface area (Å²) in [6.45, 7) is 3.38. The molecule has 0 bridgehead atoms. The molecular weight excluding hydrogens is 222 g/mol. The molecule has 100 valence electrons. The van der Waals surface area contributed by atoms with E-state index in [0.29, 0.717) is 0 Å². The minimum Gasteiger partial charge on any atom is -0.393 e. The van der Waals surface area contributed by atoms with Crippen LogP contribution in [-0.2, 0) is 9.53 Å². The maximum absolute atomic E-state index is 11.3. The number of nitrogens with one attached hydrogen (secondary N) is 1. The number of amides is 1. The van der Waals surface area contributed by atoms with Crippen LogP contribution in [0.2, 0.25) is 0 Å². The number of hydrazine groups is 1. The molecule has 0 aliphatic carbocycles. The van der Waals surface area contributed by atoms with Crippen molar-refractivity contribution in [3.63, 3.8) is 0 Å². The fourth-order valence-corrected chi connectivity index (χ4v) is 1.97. The predicted octanol–water partition coefficient (Wildman–Crippen LogP) is -0.773. The van der Waals surface area contributed by atoms with Gasteiger partial charge in [-0.1, -0.05) is 0 Å². The van der Waals surface area contributed by atoms with Gasteiger partial charge in [-0.2, -0.15) is 0 Å². The van der Waals surface area contributed by atoms with E-state index in [1.165, 1.54) is 0 Å². The van der Waals surface area contributed by atoms with Crippen molar-refractivity contribution in [2.45, 2.75) is 44.5 Å². The van der Waals surface area contributed by atoms with E-state index in [4.69, 9.17) is 10.6 Å². The van der Waals surface area contributed by atoms with Gasteiger partial charge in [-0.3, -0.25) is 10.2 Å². The third kappa shape index (κ3) is 4.99. The summed E-state index contributed by atoms with van der Waals surface area (Å²) in [7, 11) is 1.99. The topological polar surface area (TPSA) is 87.8 Å². The summed E-state index contributed by atoms with van der Waals surface area (Å²) in [6.07, 6.45) is 1.73. The van der Waals surface area contributed by atoms with Gasteiger partial charge in [0.25, 0.3) is 5.91 Å². The monoisotopic (exact) mass is 245 g/mol. The molecule has 1 amide bonds. The van der Waals surface area contributed by atoms with Crippen molar-refractivity contribution in [2.24, 2.45) is 5.84 Å². The molecule has 0 spiro atoms. The second kappa shape index (κ2) is 6.90. The Morgan fingerprint density at radius 2 is 2.35 bits per heavy atom. The molecule has 4 N–H and O–H groups in total. The Kier molecular flexibility index (Phi) is 5.84. The molecule has 6 heteroatoms. The third-order valence-corrected chi connectivity index (χ3v) is 2.99. The van der Waals surface area contributed by atoms with Crippen molar-refractivity contribution in [2.75, 3.05) is 20.1 Å². The van der Waals surface area contributed by atoms with Crippen LogP contribution in [0.1, 0.15) is 26.2 Å². The lowest BCUT2D eigenvalue weighted by Gasteiger charge is -2.21. The summed E-state index contributed by atoms with van der Waals surface area (Å²) in [5, 5.41) is 9.18.